The van der Waals surface area contributed by atoms with Crippen molar-refractivity contribution >= 4 is 29.2 Å². The molecule has 1 aliphatic rings. The maximum absolute atomic E-state index is 15.0. The lowest BCUT2D eigenvalue weighted by atomic mass is 9.95. The van der Waals surface area contributed by atoms with Crippen LogP contribution in [0.2, 0.25) is 0 Å². The zero-order valence-corrected chi connectivity index (χ0v) is 18.7. The van der Waals surface area contributed by atoms with Crippen LogP contribution < -0.4 is 5.32 Å². The molecule has 35 heavy (non-hydrogen) atoms. The predicted octanol–water partition coefficient (Wildman–Crippen LogP) is 6.36. The highest BCUT2D eigenvalue weighted by Gasteiger charge is 2.26. The van der Waals surface area contributed by atoms with E-state index in [1.54, 1.807) is 73.7 Å². The van der Waals surface area contributed by atoms with E-state index in [9.17, 15) is 19.8 Å². The van der Waals surface area contributed by atoms with Crippen molar-refractivity contribution in [3.63, 3.8) is 0 Å². The molecule has 0 aromatic heterocycles. The number of aryl methyl sites for hydroxylation is 1. The fraction of sp³-hybridized carbons (Fsp3) is 0.0345. The Morgan fingerprint density at radius 3 is 2.26 bits per heavy atom. The van der Waals surface area contributed by atoms with Crippen molar-refractivity contribution in [1.29, 1.82) is 0 Å². The van der Waals surface area contributed by atoms with Crippen LogP contribution in [-0.4, -0.2) is 22.1 Å². The summed E-state index contributed by atoms with van der Waals surface area (Å²) < 4.78 is 15.0. The summed E-state index contributed by atoms with van der Waals surface area (Å²) in [5.41, 5.74) is 4.96. The third-order valence-electron chi connectivity index (χ3n) is 6.10. The third kappa shape index (κ3) is 4.06. The zero-order valence-electron chi connectivity index (χ0n) is 18.7. The van der Waals surface area contributed by atoms with Crippen molar-refractivity contribution in [3.05, 3.63) is 107 Å². The van der Waals surface area contributed by atoms with Gasteiger partial charge in [-0.3, -0.25) is 4.79 Å². The van der Waals surface area contributed by atoms with Crippen LogP contribution in [-0.2, 0) is 4.79 Å². The summed E-state index contributed by atoms with van der Waals surface area (Å²) in [6.45, 7) is 1.71. The molecular weight excluding hydrogens is 445 g/mol. The first-order valence-corrected chi connectivity index (χ1v) is 10.9. The molecule has 1 amide bonds. The number of hydrogen-bond acceptors (Lipinski definition) is 3. The summed E-state index contributed by atoms with van der Waals surface area (Å²) in [6, 6.07) is 22.0. The van der Waals surface area contributed by atoms with Gasteiger partial charge in [0.25, 0.3) is 5.91 Å². The molecule has 5 nitrogen and oxygen atoms in total. The number of amides is 1. The quantitative estimate of drug-likeness (QED) is 0.306. The second kappa shape index (κ2) is 8.57. The molecule has 0 saturated heterocycles. The average Bonchev–Trinajstić information content (AvgIpc) is 3.13. The number of carbonyl (C=O) groups is 2. The van der Waals surface area contributed by atoms with Gasteiger partial charge in [-0.1, -0.05) is 54.6 Å². The number of nitrogens with one attached hydrogen (secondary N) is 1. The van der Waals surface area contributed by atoms with Crippen LogP contribution in [0.3, 0.4) is 0 Å². The first kappa shape index (κ1) is 22.1. The number of carbonyl (C=O) groups excluding carboxylic acids is 1. The Labute approximate surface area is 200 Å². The van der Waals surface area contributed by atoms with E-state index in [4.69, 9.17) is 0 Å². The molecule has 1 heterocycles. The number of aromatic hydroxyl groups is 1. The van der Waals surface area contributed by atoms with E-state index >= 15 is 4.39 Å². The van der Waals surface area contributed by atoms with Gasteiger partial charge in [0, 0.05) is 22.3 Å². The molecule has 5 rings (SSSR count). The van der Waals surface area contributed by atoms with E-state index < -0.39 is 11.8 Å². The van der Waals surface area contributed by atoms with Crippen LogP contribution in [0, 0.1) is 12.7 Å². The van der Waals surface area contributed by atoms with Crippen LogP contribution in [0.1, 0.15) is 27.0 Å². The molecule has 4 aromatic carbocycles. The number of carboxylic acids is 1. The lowest BCUT2D eigenvalue weighted by Crippen LogP contribution is -2.04. The molecular formula is C29H20FNO4. The van der Waals surface area contributed by atoms with Gasteiger partial charge in [0.15, 0.2) is 0 Å². The number of fused-ring (bicyclic) bond motifs is 1. The van der Waals surface area contributed by atoms with Crippen LogP contribution in [0.15, 0.2) is 78.9 Å². The number of benzene rings is 4. The highest BCUT2D eigenvalue weighted by atomic mass is 19.1. The molecule has 6 heteroatoms. The Bertz CT molecular complexity index is 1540. The lowest BCUT2D eigenvalue weighted by Gasteiger charge is -2.09. The normalized spacial score (nSPS) is 13.5. The average molecular weight is 465 g/mol. The Morgan fingerprint density at radius 2 is 1.57 bits per heavy atom. The highest BCUT2D eigenvalue weighted by molar-refractivity contribution is 6.35. The molecule has 3 N–H and O–H groups in total. The summed E-state index contributed by atoms with van der Waals surface area (Å²) in [4.78, 5) is 24.2. The van der Waals surface area contributed by atoms with Crippen molar-refractivity contribution in [1.82, 2.24) is 0 Å². The van der Waals surface area contributed by atoms with Gasteiger partial charge in [-0.2, -0.15) is 0 Å². The maximum Gasteiger partial charge on any atom is 0.335 e. The van der Waals surface area contributed by atoms with Crippen molar-refractivity contribution in [2.45, 2.75) is 6.92 Å². The predicted molar refractivity (Wildman–Crippen MR) is 134 cm³/mol. The third-order valence-corrected chi connectivity index (χ3v) is 6.10. The largest absolute Gasteiger partial charge is 0.507 e. The molecule has 0 bridgehead atoms. The smallest absolute Gasteiger partial charge is 0.335 e. The van der Waals surface area contributed by atoms with Gasteiger partial charge in [-0.25, -0.2) is 9.18 Å². The Morgan fingerprint density at radius 1 is 0.886 bits per heavy atom. The monoisotopic (exact) mass is 465 g/mol. The summed E-state index contributed by atoms with van der Waals surface area (Å²) >= 11 is 0. The van der Waals surface area contributed by atoms with Crippen molar-refractivity contribution in [2.24, 2.45) is 0 Å². The summed E-state index contributed by atoms with van der Waals surface area (Å²) in [5.74, 6) is -1.76. The van der Waals surface area contributed by atoms with Gasteiger partial charge < -0.3 is 15.5 Å². The fourth-order valence-electron chi connectivity index (χ4n) is 4.25. The molecule has 0 saturated carbocycles. The second-order valence-electron chi connectivity index (χ2n) is 8.36. The van der Waals surface area contributed by atoms with Gasteiger partial charge >= 0.3 is 5.97 Å². The Balaban J connectivity index is 1.55. The minimum absolute atomic E-state index is 0.155. The molecule has 0 spiro atoms. The summed E-state index contributed by atoms with van der Waals surface area (Å²) in [5, 5.41) is 22.2. The minimum atomic E-state index is -1.05. The van der Waals surface area contributed by atoms with Gasteiger partial charge in [-0.15, -0.1) is 0 Å². The van der Waals surface area contributed by atoms with Crippen LogP contribution in [0.5, 0.6) is 5.75 Å². The van der Waals surface area contributed by atoms with E-state index in [-0.39, 0.29) is 17.2 Å². The van der Waals surface area contributed by atoms with E-state index in [0.29, 0.717) is 44.6 Å². The number of hydrogen-bond donors (Lipinski definition) is 3. The Hall–Kier alpha value is -4.71. The maximum atomic E-state index is 15.0. The first-order chi connectivity index (χ1) is 16.8. The van der Waals surface area contributed by atoms with Crippen molar-refractivity contribution in [3.8, 4) is 28.0 Å². The minimum Gasteiger partial charge on any atom is -0.507 e. The van der Waals surface area contributed by atoms with Crippen LogP contribution in [0.4, 0.5) is 10.1 Å². The second-order valence-corrected chi connectivity index (χ2v) is 8.36. The number of aromatic carboxylic acids is 1. The van der Waals surface area contributed by atoms with Gasteiger partial charge in [0.05, 0.1) is 11.3 Å². The molecule has 0 radical (unpaired) electrons. The Kier molecular flexibility index (Phi) is 5.41. The number of carboxylic acid groups (broad SMARTS) is 1. The van der Waals surface area contributed by atoms with E-state index in [0.717, 1.165) is 5.56 Å². The summed E-state index contributed by atoms with van der Waals surface area (Å²) in [7, 11) is 0. The topological polar surface area (TPSA) is 86.6 Å². The van der Waals surface area contributed by atoms with Crippen LogP contribution >= 0.6 is 0 Å². The van der Waals surface area contributed by atoms with Crippen molar-refractivity contribution in [2.75, 3.05) is 5.32 Å². The molecule has 4 aromatic rings. The van der Waals surface area contributed by atoms with Crippen molar-refractivity contribution < 1.29 is 24.2 Å². The number of para-hydroxylation sites is 1. The molecule has 1 aliphatic heterocycles. The molecule has 0 atom stereocenters. The zero-order chi connectivity index (χ0) is 24.7. The number of rotatable bonds is 4. The number of anilines is 1. The SMILES string of the molecule is Cc1ccc(C=C2C(=O)Nc3cc(F)c(-c4ccc(-c5ccccc5O)cc4)cc32)cc1C(=O)O. The van der Waals surface area contributed by atoms with E-state index in [1.807, 2.05) is 6.07 Å². The molecule has 172 valence electrons. The van der Waals surface area contributed by atoms with E-state index in [1.165, 1.54) is 12.1 Å². The number of phenols is 1. The lowest BCUT2D eigenvalue weighted by molar-refractivity contribution is -0.110. The van der Waals surface area contributed by atoms with Gasteiger partial charge in [-0.05, 0) is 59.5 Å². The molecule has 0 fully saturated rings. The summed E-state index contributed by atoms with van der Waals surface area (Å²) in [6.07, 6.45) is 1.61. The molecule has 0 unspecified atom stereocenters. The van der Waals surface area contributed by atoms with Gasteiger partial charge in [0.1, 0.15) is 11.6 Å². The fourth-order valence-corrected chi connectivity index (χ4v) is 4.25. The first-order valence-electron chi connectivity index (χ1n) is 10.9. The van der Waals surface area contributed by atoms with Crippen LogP contribution in [0.25, 0.3) is 33.9 Å². The number of halogens is 1. The van der Waals surface area contributed by atoms with E-state index in [2.05, 4.69) is 5.32 Å². The molecule has 0 aliphatic carbocycles. The number of phenolic OH excluding ortho intramolecular Hbond substituents is 1. The van der Waals surface area contributed by atoms with Gasteiger partial charge in [0.2, 0.25) is 0 Å². The highest BCUT2D eigenvalue weighted by Crippen LogP contribution is 2.39. The standard InChI is InChI=1S/C29H20FNO4/c1-16-6-7-17(12-21(16)29(34)35)13-24-23-14-22(25(30)15-26(23)31-28(24)33)19-10-8-18(9-11-19)20-4-2-3-5-27(20)32/h2-15,32H,1H3,(H,31,33)(H,34,35).